The van der Waals surface area contributed by atoms with E-state index in [4.69, 9.17) is 9.15 Å². The van der Waals surface area contributed by atoms with E-state index in [1.54, 1.807) is 13.0 Å². The fraction of sp³-hybridized carbons (Fsp3) is 0.250. The third kappa shape index (κ3) is 2.65. The van der Waals surface area contributed by atoms with Gasteiger partial charge in [0, 0.05) is 0 Å². The van der Waals surface area contributed by atoms with Crippen molar-refractivity contribution >= 4 is 17.6 Å². The highest BCUT2D eigenvalue weighted by Crippen LogP contribution is 2.36. The predicted molar refractivity (Wildman–Crippen MR) is 78.2 cm³/mol. The number of ether oxygens (including phenoxy) is 2. The monoisotopic (exact) mass is 319 g/mol. The van der Waals surface area contributed by atoms with Crippen LogP contribution in [0.3, 0.4) is 0 Å². The number of nitrogens with zero attached hydrogens (tertiary/aromatic N) is 1. The normalized spacial score (nSPS) is 16.5. The van der Waals surface area contributed by atoms with Gasteiger partial charge >= 0.3 is 5.97 Å². The van der Waals surface area contributed by atoms with Crippen LogP contribution < -0.4 is 9.64 Å². The number of para-hydroxylation sites is 1. The third-order valence-electron chi connectivity index (χ3n) is 3.44. The first-order valence-electron chi connectivity index (χ1n) is 6.96. The van der Waals surface area contributed by atoms with E-state index >= 15 is 0 Å². The summed E-state index contributed by atoms with van der Waals surface area (Å²) in [6, 6.07) is 7.09. The van der Waals surface area contributed by atoms with Crippen molar-refractivity contribution in [2.75, 3.05) is 18.6 Å². The molecule has 1 amide bonds. The van der Waals surface area contributed by atoms with E-state index in [1.165, 1.54) is 36.3 Å². The molecular weight excluding hydrogens is 305 g/mol. The van der Waals surface area contributed by atoms with E-state index in [1.807, 2.05) is 0 Å². The lowest BCUT2D eigenvalue weighted by atomic mass is 10.2. The molecule has 120 valence electrons. The number of carbonyl (C=O) groups is 2. The zero-order chi connectivity index (χ0) is 16.6. The molecule has 1 aromatic heterocycles. The maximum absolute atomic E-state index is 13.9. The predicted octanol–water partition coefficient (Wildman–Crippen LogP) is 2.63. The van der Waals surface area contributed by atoms with Gasteiger partial charge in [0.05, 0.1) is 19.3 Å². The quantitative estimate of drug-likeness (QED) is 0.796. The topological polar surface area (TPSA) is 69.0 Å². The summed E-state index contributed by atoms with van der Waals surface area (Å²) in [6.07, 6.45) is -0.376. The Bertz CT molecular complexity index is 770. The molecule has 0 radical (unpaired) electrons. The molecule has 0 saturated carbocycles. The smallest absolute Gasteiger partial charge is 0.373 e. The molecule has 2 heterocycles. The number of methoxy groups -OCH3 is 1. The summed E-state index contributed by atoms with van der Waals surface area (Å²) in [7, 11) is 1.22. The third-order valence-corrected chi connectivity index (χ3v) is 3.44. The molecule has 1 aliphatic heterocycles. The summed E-state index contributed by atoms with van der Waals surface area (Å²) < 4.78 is 29.1. The van der Waals surface area contributed by atoms with Gasteiger partial charge in [-0.1, -0.05) is 6.07 Å². The number of halogens is 1. The number of amides is 1. The number of hydrogen-bond donors (Lipinski definition) is 0. The molecule has 0 bridgehead atoms. The van der Waals surface area contributed by atoms with Gasteiger partial charge < -0.3 is 13.9 Å². The highest BCUT2D eigenvalue weighted by Gasteiger charge is 2.32. The van der Waals surface area contributed by atoms with Gasteiger partial charge in [-0.15, -0.1) is 0 Å². The highest BCUT2D eigenvalue weighted by atomic mass is 19.1. The number of furan rings is 1. The molecule has 1 aromatic carbocycles. The second-order valence-electron chi connectivity index (χ2n) is 5.09. The van der Waals surface area contributed by atoms with Crippen LogP contribution >= 0.6 is 0 Å². The Hall–Kier alpha value is -2.83. The number of rotatable bonds is 2. The molecule has 0 saturated heterocycles. The van der Waals surface area contributed by atoms with E-state index < -0.39 is 17.7 Å². The van der Waals surface area contributed by atoms with Crippen LogP contribution in [0.1, 0.15) is 28.0 Å². The number of esters is 1. The largest absolute Gasteiger partial charge is 0.484 e. The molecule has 1 aliphatic rings. The summed E-state index contributed by atoms with van der Waals surface area (Å²) in [5.41, 5.74) is 0.323. The Labute approximate surface area is 131 Å². The highest BCUT2D eigenvalue weighted by molar-refractivity contribution is 6.06. The standard InChI is InChI=1S/C16H14FNO5/c1-9-8-18(11-5-3-4-10(17)14(11)22-9)15(19)12-6-7-13(23-12)16(20)21-2/h3-7,9H,8H2,1-2H3/t9-/m0/s1. The summed E-state index contributed by atoms with van der Waals surface area (Å²) >= 11 is 0. The zero-order valence-corrected chi connectivity index (χ0v) is 12.5. The van der Waals surface area contributed by atoms with Crippen LogP contribution in [-0.2, 0) is 4.74 Å². The van der Waals surface area contributed by atoms with Crippen molar-refractivity contribution in [2.45, 2.75) is 13.0 Å². The molecule has 0 N–H and O–H groups in total. The SMILES string of the molecule is COC(=O)c1ccc(C(=O)N2C[C@H](C)Oc3c(F)cccc32)o1. The van der Waals surface area contributed by atoms with Crippen LogP contribution in [0.5, 0.6) is 5.75 Å². The van der Waals surface area contributed by atoms with Crippen LogP contribution in [0.15, 0.2) is 34.7 Å². The second-order valence-corrected chi connectivity index (χ2v) is 5.09. The fourth-order valence-electron chi connectivity index (χ4n) is 2.41. The van der Waals surface area contributed by atoms with Crippen LogP contribution in [0.25, 0.3) is 0 Å². The summed E-state index contributed by atoms with van der Waals surface area (Å²) in [5, 5.41) is 0. The molecule has 3 rings (SSSR count). The van der Waals surface area contributed by atoms with Crippen LogP contribution in [-0.4, -0.2) is 31.6 Å². The number of fused-ring (bicyclic) bond motifs is 1. The minimum absolute atomic E-state index is 0.0272. The van der Waals surface area contributed by atoms with Gasteiger partial charge in [-0.3, -0.25) is 9.69 Å². The first-order valence-corrected chi connectivity index (χ1v) is 6.96. The van der Waals surface area contributed by atoms with Gasteiger partial charge in [-0.2, -0.15) is 0 Å². The van der Waals surface area contributed by atoms with Gasteiger partial charge in [0.2, 0.25) is 5.76 Å². The number of benzene rings is 1. The maximum atomic E-state index is 13.9. The molecule has 0 fully saturated rings. The first-order chi connectivity index (χ1) is 11.0. The molecule has 7 heteroatoms. The first kappa shape index (κ1) is 15.1. The van der Waals surface area contributed by atoms with Crippen LogP contribution in [0, 0.1) is 5.82 Å². The fourth-order valence-corrected chi connectivity index (χ4v) is 2.41. The molecule has 1 atom stereocenters. The maximum Gasteiger partial charge on any atom is 0.373 e. The van der Waals surface area contributed by atoms with Crippen molar-refractivity contribution in [1.29, 1.82) is 0 Å². The average Bonchev–Trinajstić information content (AvgIpc) is 3.03. The number of anilines is 1. The van der Waals surface area contributed by atoms with Crippen molar-refractivity contribution in [2.24, 2.45) is 0 Å². The van der Waals surface area contributed by atoms with Crippen LogP contribution in [0.2, 0.25) is 0 Å². The Balaban J connectivity index is 1.96. The lowest BCUT2D eigenvalue weighted by molar-refractivity contribution is 0.0562. The Morgan fingerprint density at radius 3 is 2.74 bits per heavy atom. The Morgan fingerprint density at radius 1 is 1.26 bits per heavy atom. The van der Waals surface area contributed by atoms with E-state index in [-0.39, 0.29) is 29.9 Å². The van der Waals surface area contributed by atoms with Gasteiger partial charge in [0.15, 0.2) is 17.3 Å². The van der Waals surface area contributed by atoms with E-state index in [0.717, 1.165) is 0 Å². The minimum Gasteiger partial charge on any atom is -0.484 e. The molecule has 0 unspecified atom stereocenters. The van der Waals surface area contributed by atoms with Crippen molar-refractivity contribution in [3.63, 3.8) is 0 Å². The van der Waals surface area contributed by atoms with Gasteiger partial charge in [0.1, 0.15) is 6.10 Å². The number of carbonyl (C=O) groups excluding carboxylic acids is 2. The molecule has 2 aromatic rings. The zero-order valence-electron chi connectivity index (χ0n) is 12.5. The second kappa shape index (κ2) is 5.75. The molecular formula is C16H14FNO5. The summed E-state index contributed by atoms with van der Waals surface area (Å²) in [6.45, 7) is 1.97. The van der Waals surface area contributed by atoms with E-state index in [0.29, 0.717) is 5.69 Å². The molecule has 6 nitrogen and oxygen atoms in total. The van der Waals surface area contributed by atoms with Crippen molar-refractivity contribution in [1.82, 2.24) is 0 Å². The lowest BCUT2D eigenvalue weighted by Gasteiger charge is -2.33. The van der Waals surface area contributed by atoms with E-state index in [2.05, 4.69) is 4.74 Å². The average molecular weight is 319 g/mol. The van der Waals surface area contributed by atoms with Gasteiger partial charge in [-0.25, -0.2) is 9.18 Å². The summed E-state index contributed by atoms with van der Waals surface area (Å²) in [5.74, 6) is -1.78. The minimum atomic E-state index is -0.675. The molecule has 0 aliphatic carbocycles. The number of hydrogen-bond acceptors (Lipinski definition) is 5. The van der Waals surface area contributed by atoms with Gasteiger partial charge in [-0.05, 0) is 31.2 Å². The van der Waals surface area contributed by atoms with Gasteiger partial charge in [0.25, 0.3) is 5.91 Å². The Kier molecular flexibility index (Phi) is 3.77. The van der Waals surface area contributed by atoms with E-state index in [9.17, 15) is 14.0 Å². The molecule has 0 spiro atoms. The summed E-state index contributed by atoms with van der Waals surface area (Å²) in [4.78, 5) is 25.4. The lowest BCUT2D eigenvalue weighted by Crippen LogP contribution is -2.42. The van der Waals surface area contributed by atoms with Crippen molar-refractivity contribution < 1.29 is 27.9 Å². The van der Waals surface area contributed by atoms with Crippen molar-refractivity contribution in [3.05, 3.63) is 47.7 Å². The Morgan fingerprint density at radius 2 is 2.00 bits per heavy atom. The molecule has 23 heavy (non-hydrogen) atoms. The van der Waals surface area contributed by atoms with Crippen LogP contribution in [0.4, 0.5) is 10.1 Å². The van der Waals surface area contributed by atoms with Crippen molar-refractivity contribution in [3.8, 4) is 5.75 Å².